The summed E-state index contributed by atoms with van der Waals surface area (Å²) >= 11 is 1.45. The van der Waals surface area contributed by atoms with E-state index in [1.165, 1.54) is 11.3 Å². The van der Waals surface area contributed by atoms with Crippen LogP contribution in [0.4, 0.5) is 9.93 Å². The van der Waals surface area contributed by atoms with Crippen molar-refractivity contribution in [1.82, 2.24) is 4.98 Å². The number of rotatable bonds is 6. The molecule has 1 aromatic heterocycles. The van der Waals surface area contributed by atoms with E-state index in [0.29, 0.717) is 11.7 Å². The lowest BCUT2D eigenvalue weighted by atomic mass is 10.1. The van der Waals surface area contributed by atoms with E-state index in [0.717, 1.165) is 34.5 Å². The Hall–Kier alpha value is -2.66. The number of ether oxygens (including phenoxy) is 1. The lowest BCUT2D eigenvalue weighted by Crippen LogP contribution is -2.14. The molecule has 1 amide bonds. The highest BCUT2D eigenvalue weighted by atomic mass is 32.1. The van der Waals surface area contributed by atoms with Crippen molar-refractivity contribution in [2.24, 2.45) is 0 Å². The van der Waals surface area contributed by atoms with Crippen LogP contribution in [0.2, 0.25) is 0 Å². The first-order valence-electron chi connectivity index (χ1n) is 8.33. The Balaban J connectivity index is 1.89. The lowest BCUT2D eigenvalue weighted by Gasteiger charge is -2.03. The van der Waals surface area contributed by atoms with Crippen molar-refractivity contribution >= 4 is 22.6 Å². The van der Waals surface area contributed by atoms with Gasteiger partial charge >= 0.3 is 6.09 Å². The maximum atomic E-state index is 11.9. The van der Waals surface area contributed by atoms with Crippen molar-refractivity contribution in [1.29, 1.82) is 0 Å². The number of benzene rings is 2. The minimum atomic E-state index is -0.457. The summed E-state index contributed by atoms with van der Waals surface area (Å²) in [7, 11) is 0. The number of nitrogens with zero attached hydrogens (tertiary/aromatic N) is 1. The molecule has 0 aliphatic heterocycles. The van der Waals surface area contributed by atoms with Gasteiger partial charge in [-0.3, -0.25) is 5.32 Å². The molecule has 0 bridgehead atoms. The van der Waals surface area contributed by atoms with Crippen molar-refractivity contribution in [3.05, 3.63) is 60.7 Å². The van der Waals surface area contributed by atoms with Crippen LogP contribution in [-0.2, 0) is 4.74 Å². The van der Waals surface area contributed by atoms with Crippen molar-refractivity contribution in [3.8, 4) is 21.7 Å². The molecule has 1 heterocycles. The highest BCUT2D eigenvalue weighted by molar-refractivity contribution is 7.19. The summed E-state index contributed by atoms with van der Waals surface area (Å²) in [6.07, 6.45) is 1.39. The summed E-state index contributed by atoms with van der Waals surface area (Å²) in [5.74, 6) is 0. The average Bonchev–Trinajstić information content (AvgIpc) is 3.07. The molecule has 0 spiro atoms. The van der Waals surface area contributed by atoms with E-state index in [-0.39, 0.29) is 0 Å². The van der Waals surface area contributed by atoms with Crippen LogP contribution in [-0.4, -0.2) is 17.7 Å². The maximum Gasteiger partial charge on any atom is 0.413 e. The third-order valence-corrected chi connectivity index (χ3v) is 4.67. The molecule has 4 nitrogen and oxygen atoms in total. The topological polar surface area (TPSA) is 51.2 Å². The summed E-state index contributed by atoms with van der Waals surface area (Å²) in [5.41, 5.74) is 2.96. The minimum absolute atomic E-state index is 0.421. The summed E-state index contributed by atoms with van der Waals surface area (Å²) < 4.78 is 5.16. The predicted octanol–water partition coefficient (Wildman–Crippen LogP) is 5.83. The molecule has 2 aromatic carbocycles. The van der Waals surface area contributed by atoms with Crippen LogP contribution in [0.3, 0.4) is 0 Å². The molecular weight excluding hydrogens is 332 g/mol. The number of amides is 1. The van der Waals surface area contributed by atoms with Crippen LogP contribution < -0.4 is 5.32 Å². The first kappa shape index (κ1) is 17.2. The standard InChI is InChI=1S/C20H20N2O2S/c1-2-3-14-24-20(23)22-19-21-17(15-10-6-4-7-11-15)18(25-19)16-12-8-5-9-13-16/h4-13H,2-3,14H2,1H3,(H,21,22,23). The molecule has 3 rings (SSSR count). The lowest BCUT2D eigenvalue weighted by molar-refractivity contribution is 0.160. The Bertz CT molecular complexity index is 759. The fourth-order valence-corrected chi connectivity index (χ4v) is 3.36. The Morgan fingerprint density at radius 2 is 1.68 bits per heavy atom. The number of carbonyl (C=O) groups excluding carboxylic acids is 1. The van der Waals surface area contributed by atoms with E-state index >= 15 is 0 Å². The Morgan fingerprint density at radius 3 is 2.32 bits per heavy atom. The molecule has 0 aliphatic carbocycles. The highest BCUT2D eigenvalue weighted by Crippen LogP contribution is 2.38. The second-order valence-corrected chi connectivity index (χ2v) is 6.54. The fraction of sp³-hybridized carbons (Fsp3) is 0.200. The predicted molar refractivity (Wildman–Crippen MR) is 103 cm³/mol. The third kappa shape index (κ3) is 4.45. The molecule has 128 valence electrons. The molecule has 0 atom stereocenters. The van der Waals surface area contributed by atoms with Crippen LogP contribution in [0.25, 0.3) is 21.7 Å². The largest absolute Gasteiger partial charge is 0.449 e. The van der Waals surface area contributed by atoms with Crippen LogP contribution in [0.15, 0.2) is 60.7 Å². The van der Waals surface area contributed by atoms with Crippen molar-refractivity contribution < 1.29 is 9.53 Å². The zero-order valence-electron chi connectivity index (χ0n) is 14.1. The van der Waals surface area contributed by atoms with Crippen LogP contribution in [0.1, 0.15) is 19.8 Å². The second-order valence-electron chi connectivity index (χ2n) is 5.54. The zero-order chi connectivity index (χ0) is 17.5. The number of hydrogen-bond donors (Lipinski definition) is 1. The van der Waals surface area contributed by atoms with Crippen LogP contribution in [0.5, 0.6) is 0 Å². The molecule has 25 heavy (non-hydrogen) atoms. The highest BCUT2D eigenvalue weighted by Gasteiger charge is 2.16. The minimum Gasteiger partial charge on any atom is -0.449 e. The summed E-state index contributed by atoms with van der Waals surface area (Å²) in [6, 6.07) is 20.0. The molecule has 0 fully saturated rings. The number of unbranched alkanes of at least 4 members (excludes halogenated alkanes) is 1. The quantitative estimate of drug-likeness (QED) is 0.568. The van der Waals surface area contributed by atoms with Gasteiger partial charge in [0.2, 0.25) is 0 Å². The van der Waals surface area contributed by atoms with Gasteiger partial charge in [-0.1, -0.05) is 85.3 Å². The molecule has 0 unspecified atom stereocenters. The van der Waals surface area contributed by atoms with Gasteiger partial charge in [-0.25, -0.2) is 9.78 Å². The number of thiazole rings is 1. The number of anilines is 1. The molecule has 0 saturated carbocycles. The first-order chi connectivity index (χ1) is 12.3. The maximum absolute atomic E-state index is 11.9. The van der Waals surface area contributed by atoms with Gasteiger partial charge in [-0.15, -0.1) is 0 Å². The van der Waals surface area contributed by atoms with Gasteiger partial charge in [-0.2, -0.15) is 0 Å². The number of carbonyl (C=O) groups is 1. The molecule has 1 N–H and O–H groups in total. The van der Waals surface area contributed by atoms with Gasteiger partial charge in [0.15, 0.2) is 5.13 Å². The normalized spacial score (nSPS) is 10.4. The van der Waals surface area contributed by atoms with E-state index in [4.69, 9.17) is 4.74 Å². The molecule has 0 aliphatic rings. The Kier molecular flexibility index (Phi) is 5.80. The van der Waals surface area contributed by atoms with E-state index < -0.39 is 6.09 Å². The summed E-state index contributed by atoms with van der Waals surface area (Å²) in [6.45, 7) is 2.48. The monoisotopic (exact) mass is 352 g/mol. The molecule has 5 heteroatoms. The van der Waals surface area contributed by atoms with E-state index in [2.05, 4.69) is 17.2 Å². The summed E-state index contributed by atoms with van der Waals surface area (Å²) in [5, 5.41) is 3.29. The average molecular weight is 352 g/mol. The smallest absolute Gasteiger partial charge is 0.413 e. The van der Waals surface area contributed by atoms with E-state index in [9.17, 15) is 4.79 Å². The zero-order valence-corrected chi connectivity index (χ0v) is 14.9. The van der Waals surface area contributed by atoms with Crippen molar-refractivity contribution in [2.75, 3.05) is 11.9 Å². The van der Waals surface area contributed by atoms with E-state index in [1.807, 2.05) is 60.7 Å². The Morgan fingerprint density at radius 1 is 1.04 bits per heavy atom. The third-order valence-electron chi connectivity index (χ3n) is 3.65. The number of nitrogens with one attached hydrogen (secondary N) is 1. The summed E-state index contributed by atoms with van der Waals surface area (Å²) in [4.78, 5) is 17.6. The molecule has 0 radical (unpaired) electrons. The van der Waals surface area contributed by atoms with Gasteiger partial charge in [0, 0.05) is 5.56 Å². The van der Waals surface area contributed by atoms with E-state index in [1.54, 1.807) is 0 Å². The van der Waals surface area contributed by atoms with Gasteiger partial charge in [0.1, 0.15) is 0 Å². The SMILES string of the molecule is CCCCOC(=O)Nc1nc(-c2ccccc2)c(-c2ccccc2)s1. The molecular formula is C20H20N2O2S. The molecule has 3 aromatic rings. The van der Waals surface area contributed by atoms with Gasteiger partial charge in [0.05, 0.1) is 17.2 Å². The molecule has 0 saturated heterocycles. The van der Waals surface area contributed by atoms with Gasteiger partial charge < -0.3 is 4.74 Å². The van der Waals surface area contributed by atoms with Crippen molar-refractivity contribution in [2.45, 2.75) is 19.8 Å². The number of aromatic nitrogens is 1. The second kappa shape index (κ2) is 8.44. The van der Waals surface area contributed by atoms with Gasteiger partial charge in [-0.05, 0) is 12.0 Å². The van der Waals surface area contributed by atoms with Gasteiger partial charge in [0.25, 0.3) is 0 Å². The van der Waals surface area contributed by atoms with Crippen molar-refractivity contribution in [3.63, 3.8) is 0 Å². The fourth-order valence-electron chi connectivity index (χ4n) is 2.38. The first-order valence-corrected chi connectivity index (χ1v) is 9.15. The van der Waals surface area contributed by atoms with Crippen LogP contribution in [0, 0.1) is 0 Å². The van der Waals surface area contributed by atoms with Crippen LogP contribution >= 0.6 is 11.3 Å². The Labute approximate surface area is 151 Å². The number of hydrogen-bond acceptors (Lipinski definition) is 4.